The molecule has 0 aliphatic carbocycles. The first-order chi connectivity index (χ1) is 13.5. The first-order valence-electron chi connectivity index (χ1n) is 8.54. The van der Waals surface area contributed by atoms with Crippen LogP contribution in [0.4, 0.5) is 5.82 Å². The number of nitrogens with zero attached hydrogens (tertiary/aromatic N) is 3. The van der Waals surface area contributed by atoms with Crippen LogP contribution in [0.25, 0.3) is 11.0 Å². The molecule has 3 heterocycles. The first kappa shape index (κ1) is 18.9. The molecule has 0 unspecified atom stereocenters. The number of ether oxygens (including phenoxy) is 3. The van der Waals surface area contributed by atoms with Gasteiger partial charge in [-0.25, -0.2) is 9.97 Å². The highest BCUT2D eigenvalue weighted by Gasteiger charge is 2.20. The van der Waals surface area contributed by atoms with Crippen molar-refractivity contribution >= 4 is 50.5 Å². The topological polar surface area (TPSA) is 101 Å². The number of fused-ring (bicyclic) bond motifs is 2. The molecule has 146 valence electrons. The van der Waals surface area contributed by atoms with E-state index in [9.17, 15) is 4.79 Å². The number of benzene rings is 1. The Morgan fingerprint density at radius 1 is 1.39 bits per heavy atom. The molecule has 1 aliphatic heterocycles. The van der Waals surface area contributed by atoms with Gasteiger partial charge in [-0.05, 0) is 40.5 Å². The molecule has 0 amide bonds. The van der Waals surface area contributed by atoms with Gasteiger partial charge in [0.15, 0.2) is 22.5 Å². The van der Waals surface area contributed by atoms with Crippen LogP contribution in [0.5, 0.6) is 11.5 Å². The molecule has 0 saturated heterocycles. The molecule has 28 heavy (non-hydrogen) atoms. The molecule has 2 aromatic heterocycles. The van der Waals surface area contributed by atoms with Crippen molar-refractivity contribution < 1.29 is 19.0 Å². The summed E-state index contributed by atoms with van der Waals surface area (Å²) in [5, 5.41) is 0.761. The van der Waals surface area contributed by atoms with Crippen LogP contribution >= 0.6 is 27.7 Å². The second kappa shape index (κ2) is 7.88. The third kappa shape index (κ3) is 3.74. The molecular weight excluding hydrogens is 448 g/mol. The Bertz CT molecular complexity index is 1060. The third-order valence-corrected chi connectivity index (χ3v) is 6.09. The van der Waals surface area contributed by atoms with E-state index in [-0.39, 0.29) is 12.8 Å². The van der Waals surface area contributed by atoms with Crippen molar-refractivity contribution in [2.24, 2.45) is 0 Å². The van der Waals surface area contributed by atoms with E-state index in [2.05, 4.69) is 25.5 Å². The number of rotatable bonds is 6. The highest BCUT2D eigenvalue weighted by atomic mass is 79.9. The number of nitrogen functional groups attached to an aromatic ring is 1. The minimum absolute atomic E-state index is 0.215. The maximum absolute atomic E-state index is 11.0. The molecule has 0 radical (unpaired) electrons. The molecule has 0 saturated carbocycles. The smallest absolute Gasteiger partial charge is 0.302 e. The van der Waals surface area contributed by atoms with Gasteiger partial charge in [0.1, 0.15) is 5.52 Å². The zero-order valence-corrected chi connectivity index (χ0v) is 17.4. The molecule has 4 rings (SSSR count). The fourth-order valence-electron chi connectivity index (χ4n) is 2.86. The molecular formula is C18H17BrN4O4S. The molecule has 3 aromatic rings. The average Bonchev–Trinajstić information content (AvgIpc) is 3.24. The fraction of sp³-hybridized carbons (Fsp3) is 0.278. The van der Waals surface area contributed by atoms with Gasteiger partial charge < -0.3 is 24.5 Å². The van der Waals surface area contributed by atoms with Crippen molar-refractivity contribution in [3.63, 3.8) is 0 Å². The van der Waals surface area contributed by atoms with Crippen LogP contribution in [0.1, 0.15) is 13.3 Å². The Labute approximate surface area is 173 Å². The number of anilines is 1. The number of halogens is 1. The summed E-state index contributed by atoms with van der Waals surface area (Å²) in [5.74, 6) is 1.50. The summed E-state index contributed by atoms with van der Waals surface area (Å²) < 4.78 is 18.9. The van der Waals surface area contributed by atoms with E-state index in [4.69, 9.17) is 24.9 Å². The summed E-state index contributed by atoms with van der Waals surface area (Å²) in [6.07, 6.45) is 2.32. The number of hydrogen-bond acceptors (Lipinski definition) is 8. The van der Waals surface area contributed by atoms with Crippen molar-refractivity contribution in [1.82, 2.24) is 14.5 Å². The maximum Gasteiger partial charge on any atom is 0.302 e. The molecule has 1 aromatic carbocycles. The van der Waals surface area contributed by atoms with Gasteiger partial charge in [0.05, 0.1) is 12.1 Å². The van der Waals surface area contributed by atoms with Gasteiger partial charge in [-0.3, -0.25) is 4.79 Å². The van der Waals surface area contributed by atoms with Crippen LogP contribution in [0.15, 0.2) is 38.9 Å². The van der Waals surface area contributed by atoms with Crippen molar-refractivity contribution in [2.45, 2.75) is 29.9 Å². The van der Waals surface area contributed by atoms with Crippen molar-refractivity contribution in [3.8, 4) is 11.5 Å². The molecule has 0 atom stereocenters. The van der Waals surface area contributed by atoms with E-state index in [1.807, 2.05) is 18.2 Å². The lowest BCUT2D eigenvalue weighted by atomic mass is 10.3. The first-order valence-corrected chi connectivity index (χ1v) is 10.1. The summed E-state index contributed by atoms with van der Waals surface area (Å²) in [6.45, 7) is 2.58. The molecule has 0 bridgehead atoms. The zero-order chi connectivity index (χ0) is 19.7. The Morgan fingerprint density at radius 2 is 2.18 bits per heavy atom. The van der Waals surface area contributed by atoms with Crippen molar-refractivity contribution in [1.29, 1.82) is 0 Å². The summed E-state index contributed by atoms with van der Waals surface area (Å²) in [5.41, 5.74) is 7.55. The van der Waals surface area contributed by atoms with E-state index in [0.29, 0.717) is 42.4 Å². The largest absolute Gasteiger partial charge is 0.466 e. The standard InChI is InChI=1S/C18H17BrN4O4S/c1-10(24)25-6-2-5-23-12-3-4-21-17(20)16(12)22-18(23)28-15-8-14-13(7-11(15)19)26-9-27-14/h3-4,7-8H,2,5-6,9H2,1H3,(H2,20,21). The quantitative estimate of drug-likeness (QED) is 0.435. The van der Waals surface area contributed by atoms with Crippen LogP contribution in [0, 0.1) is 0 Å². The fourth-order valence-corrected chi connectivity index (χ4v) is 4.38. The summed E-state index contributed by atoms with van der Waals surface area (Å²) >= 11 is 5.07. The minimum atomic E-state index is -0.289. The summed E-state index contributed by atoms with van der Waals surface area (Å²) in [7, 11) is 0. The average molecular weight is 465 g/mol. The molecule has 0 fully saturated rings. The SMILES string of the molecule is CC(=O)OCCCn1c(Sc2cc3c(cc2Br)OCO3)nc2c(N)nccc21. The molecule has 0 spiro atoms. The Kier molecular flexibility index (Phi) is 5.31. The number of nitrogens with two attached hydrogens (primary N) is 1. The molecule has 2 N–H and O–H groups in total. The lowest BCUT2D eigenvalue weighted by Crippen LogP contribution is -2.06. The lowest BCUT2D eigenvalue weighted by molar-refractivity contribution is -0.141. The van der Waals surface area contributed by atoms with Crippen LogP contribution in [0.3, 0.4) is 0 Å². The highest BCUT2D eigenvalue weighted by Crippen LogP contribution is 2.43. The van der Waals surface area contributed by atoms with Crippen LogP contribution in [0.2, 0.25) is 0 Å². The zero-order valence-electron chi connectivity index (χ0n) is 15.0. The Balaban J connectivity index is 1.67. The number of aromatic nitrogens is 3. The second-order valence-corrected chi connectivity index (χ2v) is 7.90. The van der Waals surface area contributed by atoms with E-state index >= 15 is 0 Å². The number of esters is 1. The summed E-state index contributed by atoms with van der Waals surface area (Å²) in [6, 6.07) is 5.68. The Hall–Kier alpha value is -2.46. The maximum atomic E-state index is 11.0. The number of hydrogen-bond donors (Lipinski definition) is 1. The number of pyridine rings is 1. The van der Waals surface area contributed by atoms with Gasteiger partial charge in [0.25, 0.3) is 0 Å². The van der Waals surface area contributed by atoms with Crippen LogP contribution < -0.4 is 15.2 Å². The lowest BCUT2D eigenvalue weighted by Gasteiger charge is -2.10. The van der Waals surface area contributed by atoms with Crippen molar-refractivity contribution in [3.05, 3.63) is 28.9 Å². The minimum Gasteiger partial charge on any atom is -0.466 e. The molecule has 10 heteroatoms. The van der Waals surface area contributed by atoms with Crippen molar-refractivity contribution in [2.75, 3.05) is 19.1 Å². The summed E-state index contributed by atoms with van der Waals surface area (Å²) in [4.78, 5) is 20.8. The number of aryl methyl sites for hydroxylation is 1. The Morgan fingerprint density at radius 3 is 2.96 bits per heavy atom. The van der Waals surface area contributed by atoms with Crippen LogP contribution in [-0.2, 0) is 16.1 Å². The van der Waals surface area contributed by atoms with Crippen LogP contribution in [-0.4, -0.2) is 33.9 Å². The van der Waals surface area contributed by atoms with E-state index in [1.54, 1.807) is 6.20 Å². The van der Waals surface area contributed by atoms with Gasteiger partial charge in [0, 0.05) is 29.0 Å². The highest BCUT2D eigenvalue weighted by molar-refractivity contribution is 9.10. The number of carbonyl (C=O) groups excluding carboxylic acids is 1. The molecule has 8 nitrogen and oxygen atoms in total. The van der Waals surface area contributed by atoms with Gasteiger partial charge in [-0.2, -0.15) is 0 Å². The van der Waals surface area contributed by atoms with Gasteiger partial charge in [0.2, 0.25) is 6.79 Å². The molecule has 1 aliphatic rings. The van der Waals surface area contributed by atoms with E-state index in [0.717, 1.165) is 20.0 Å². The number of imidazole rings is 1. The normalized spacial score (nSPS) is 12.5. The van der Waals surface area contributed by atoms with E-state index < -0.39 is 0 Å². The predicted molar refractivity (Wildman–Crippen MR) is 108 cm³/mol. The van der Waals surface area contributed by atoms with Gasteiger partial charge in [-0.1, -0.05) is 11.8 Å². The second-order valence-electron chi connectivity index (χ2n) is 6.04. The predicted octanol–water partition coefficient (Wildman–Crippen LogP) is 3.61. The van der Waals surface area contributed by atoms with E-state index in [1.165, 1.54) is 18.7 Å². The van der Waals surface area contributed by atoms with Gasteiger partial charge in [-0.15, -0.1) is 0 Å². The number of carbonyl (C=O) groups is 1. The van der Waals surface area contributed by atoms with Gasteiger partial charge >= 0.3 is 5.97 Å². The monoisotopic (exact) mass is 464 g/mol. The third-order valence-electron chi connectivity index (χ3n) is 4.12.